The van der Waals surface area contributed by atoms with Gasteiger partial charge in [0.15, 0.2) is 5.78 Å². The van der Waals surface area contributed by atoms with Crippen molar-refractivity contribution in [1.29, 1.82) is 0 Å². The number of benzene rings is 3. The number of hydrogen-bond donors (Lipinski definition) is 1. The molecule has 0 bridgehead atoms. The molecule has 36 heavy (non-hydrogen) atoms. The Bertz CT molecular complexity index is 1180. The number of ketones is 1. The summed E-state index contributed by atoms with van der Waals surface area (Å²) in [5, 5.41) is 10.4. The molecule has 0 unspecified atom stereocenters. The number of carbonyl (C=O) groups is 1. The van der Waals surface area contributed by atoms with E-state index in [2.05, 4.69) is 67.5 Å². The minimum Gasteiger partial charge on any atom is -0.543 e. The van der Waals surface area contributed by atoms with Gasteiger partial charge in [-0.25, -0.2) is 4.39 Å². The van der Waals surface area contributed by atoms with Crippen molar-refractivity contribution in [3.05, 3.63) is 93.8 Å². The van der Waals surface area contributed by atoms with Gasteiger partial charge in [0.2, 0.25) is 0 Å². The average Bonchev–Trinajstić information content (AvgIpc) is 2.80. The van der Waals surface area contributed by atoms with Gasteiger partial charge in [-0.1, -0.05) is 47.6 Å². The fourth-order valence-corrected chi connectivity index (χ4v) is 10.9. The monoisotopic (exact) mass is 506 g/mol. The first-order valence-corrected chi connectivity index (χ1v) is 14.9. The Morgan fingerprint density at radius 2 is 1.39 bits per heavy atom. The highest BCUT2D eigenvalue weighted by Crippen LogP contribution is 2.43. The number of rotatable bonds is 9. The summed E-state index contributed by atoms with van der Waals surface area (Å²) < 4.78 is 20.2. The third-order valence-electron chi connectivity index (χ3n) is 7.46. The molecule has 0 atom stereocenters. The molecular weight excluding hydrogens is 467 g/mol. The molecule has 192 valence electrons. The zero-order valence-corrected chi connectivity index (χ0v) is 23.8. The molecule has 1 N–H and O–H groups in total. The van der Waals surface area contributed by atoms with Crippen molar-refractivity contribution in [2.24, 2.45) is 0 Å². The Kier molecular flexibility index (Phi) is 8.45. The van der Waals surface area contributed by atoms with E-state index in [-0.39, 0.29) is 17.1 Å². The maximum atomic E-state index is 13.3. The Balaban J connectivity index is 1.92. The maximum absolute atomic E-state index is 13.3. The lowest BCUT2D eigenvalue weighted by Crippen LogP contribution is -2.50. The van der Waals surface area contributed by atoms with Gasteiger partial charge in [0.25, 0.3) is 8.32 Å². The molecule has 0 aromatic heterocycles. The summed E-state index contributed by atoms with van der Waals surface area (Å²) in [6.07, 6.45) is 0.628. The summed E-state index contributed by atoms with van der Waals surface area (Å²) in [5.41, 5.74) is 6.42. The van der Waals surface area contributed by atoms with E-state index < -0.39 is 14.1 Å². The van der Waals surface area contributed by atoms with Crippen LogP contribution in [0.1, 0.15) is 79.7 Å². The highest BCUT2D eigenvalue weighted by Gasteiger charge is 2.47. The summed E-state index contributed by atoms with van der Waals surface area (Å²) in [5.74, 6) is 0.124. The van der Waals surface area contributed by atoms with E-state index in [4.69, 9.17) is 4.43 Å². The van der Waals surface area contributed by atoms with Gasteiger partial charge in [-0.05, 0) is 108 Å². The second-order valence-electron chi connectivity index (χ2n) is 10.8. The molecule has 0 saturated carbocycles. The van der Waals surface area contributed by atoms with E-state index in [1.54, 1.807) is 12.1 Å². The molecule has 3 aromatic carbocycles. The third-order valence-corrected chi connectivity index (χ3v) is 13.5. The van der Waals surface area contributed by atoms with Crippen LogP contribution in [0.5, 0.6) is 11.5 Å². The highest BCUT2D eigenvalue weighted by molar-refractivity contribution is 6.78. The van der Waals surface area contributed by atoms with Gasteiger partial charge in [0.05, 0.1) is 5.56 Å². The van der Waals surface area contributed by atoms with Crippen molar-refractivity contribution in [1.82, 2.24) is 0 Å². The fraction of sp³-hybridized carbons (Fsp3) is 0.387. The van der Waals surface area contributed by atoms with E-state index >= 15 is 0 Å². The van der Waals surface area contributed by atoms with Crippen LogP contribution in [0.3, 0.4) is 0 Å². The molecule has 0 amide bonds. The minimum atomic E-state index is -2.06. The molecule has 0 aliphatic heterocycles. The number of hydrogen-bond acceptors (Lipinski definition) is 3. The standard InChI is InChI=1S/C31H39FO3Si/c1-19(2)36(20(3)4,21(5)6)35-27-15-22(7)28(23(8)16-27)17-24-9-14-30(33)29(18-24)31(34)25-10-12-26(32)13-11-25/h9-16,18-21,33H,17H2,1-8H3. The molecule has 0 heterocycles. The van der Waals surface area contributed by atoms with Gasteiger partial charge in [-0.2, -0.15) is 0 Å². The van der Waals surface area contributed by atoms with Gasteiger partial charge in [-0.3, -0.25) is 4.79 Å². The van der Waals surface area contributed by atoms with E-state index in [0.717, 1.165) is 22.4 Å². The molecular formula is C31H39FO3Si. The van der Waals surface area contributed by atoms with Crippen LogP contribution in [-0.4, -0.2) is 19.2 Å². The van der Waals surface area contributed by atoms with Gasteiger partial charge in [0, 0.05) is 5.56 Å². The molecule has 0 spiro atoms. The van der Waals surface area contributed by atoms with Gasteiger partial charge >= 0.3 is 0 Å². The molecule has 0 aliphatic rings. The second-order valence-corrected chi connectivity index (χ2v) is 16.2. The van der Waals surface area contributed by atoms with E-state index in [1.807, 2.05) is 6.07 Å². The fourth-order valence-electron chi connectivity index (χ4n) is 5.69. The quantitative estimate of drug-likeness (QED) is 0.234. The summed E-state index contributed by atoms with van der Waals surface area (Å²) in [7, 11) is -2.06. The first-order valence-electron chi connectivity index (χ1n) is 12.8. The van der Waals surface area contributed by atoms with E-state index in [0.29, 0.717) is 28.6 Å². The zero-order valence-electron chi connectivity index (χ0n) is 22.8. The molecule has 0 radical (unpaired) electrons. The minimum absolute atomic E-state index is 0.0809. The summed E-state index contributed by atoms with van der Waals surface area (Å²) in [6, 6.07) is 14.8. The van der Waals surface area contributed by atoms with Crippen LogP contribution in [0.25, 0.3) is 0 Å². The number of aromatic hydroxyl groups is 1. The molecule has 3 nitrogen and oxygen atoms in total. The summed E-state index contributed by atoms with van der Waals surface area (Å²) in [6.45, 7) is 17.9. The summed E-state index contributed by atoms with van der Waals surface area (Å²) in [4.78, 5) is 13.0. The number of halogens is 1. The van der Waals surface area contributed by atoms with Crippen LogP contribution in [-0.2, 0) is 6.42 Å². The maximum Gasteiger partial charge on any atom is 0.258 e. The average molecular weight is 507 g/mol. The van der Waals surface area contributed by atoms with E-state index in [9.17, 15) is 14.3 Å². The Morgan fingerprint density at radius 3 is 1.89 bits per heavy atom. The number of phenols is 1. The van der Waals surface area contributed by atoms with Crippen LogP contribution >= 0.6 is 0 Å². The Morgan fingerprint density at radius 1 is 0.861 bits per heavy atom. The van der Waals surface area contributed by atoms with Crippen molar-refractivity contribution in [3.63, 3.8) is 0 Å². The lowest BCUT2D eigenvalue weighted by molar-refractivity contribution is 0.103. The first kappa shape index (κ1) is 27.7. The topological polar surface area (TPSA) is 46.5 Å². The van der Waals surface area contributed by atoms with E-state index in [1.165, 1.54) is 29.8 Å². The van der Waals surface area contributed by atoms with Gasteiger partial charge < -0.3 is 9.53 Å². The molecule has 5 heteroatoms. The first-order chi connectivity index (χ1) is 16.9. The van der Waals surface area contributed by atoms with Crippen LogP contribution in [0.2, 0.25) is 16.6 Å². The molecule has 3 rings (SSSR count). The predicted molar refractivity (Wildman–Crippen MR) is 148 cm³/mol. The largest absolute Gasteiger partial charge is 0.543 e. The van der Waals surface area contributed by atoms with Gasteiger partial charge in [0.1, 0.15) is 17.3 Å². The SMILES string of the molecule is Cc1cc(O[Si](C(C)C)(C(C)C)C(C)C)cc(C)c1Cc1ccc(O)c(C(=O)c2ccc(F)cc2)c1. The predicted octanol–water partition coefficient (Wildman–Crippen LogP) is 8.52. The Hall–Kier alpha value is -2.92. The van der Waals surface area contributed by atoms with Crippen molar-refractivity contribution in [3.8, 4) is 11.5 Å². The van der Waals surface area contributed by atoms with Crippen LogP contribution in [0.15, 0.2) is 54.6 Å². The zero-order chi connectivity index (χ0) is 26.8. The number of phenolic OH excluding ortho intramolecular Hbond substituents is 1. The smallest absolute Gasteiger partial charge is 0.258 e. The van der Waals surface area contributed by atoms with Crippen LogP contribution < -0.4 is 4.43 Å². The van der Waals surface area contributed by atoms with Gasteiger partial charge in [-0.15, -0.1) is 0 Å². The lowest BCUT2D eigenvalue weighted by atomic mass is 9.93. The number of carbonyl (C=O) groups excluding carboxylic acids is 1. The molecule has 0 aliphatic carbocycles. The second kappa shape index (κ2) is 11.0. The Labute approximate surface area is 216 Å². The lowest BCUT2D eigenvalue weighted by Gasteiger charge is -2.42. The highest BCUT2D eigenvalue weighted by atomic mass is 28.4. The molecule has 3 aromatic rings. The van der Waals surface area contributed by atoms with Crippen molar-refractivity contribution >= 4 is 14.1 Å². The summed E-state index contributed by atoms with van der Waals surface area (Å²) >= 11 is 0. The van der Waals surface area contributed by atoms with Crippen molar-refractivity contribution in [2.75, 3.05) is 0 Å². The molecule has 0 fully saturated rings. The van der Waals surface area contributed by atoms with Crippen LogP contribution in [0, 0.1) is 19.7 Å². The number of aryl methyl sites for hydroxylation is 2. The van der Waals surface area contributed by atoms with Crippen molar-refractivity contribution in [2.45, 2.75) is 78.4 Å². The normalized spacial score (nSPS) is 12.0. The van der Waals surface area contributed by atoms with Crippen LogP contribution in [0.4, 0.5) is 4.39 Å². The molecule has 0 saturated heterocycles. The van der Waals surface area contributed by atoms with Crippen molar-refractivity contribution < 1.29 is 18.7 Å². The third kappa shape index (κ3) is 5.56.